The maximum Gasteiger partial charge on any atom is 0.305 e. The van der Waals surface area contributed by atoms with Crippen LogP contribution in [0.4, 0.5) is 0 Å². The number of carboxylic acid groups (broad SMARTS) is 1. The highest BCUT2D eigenvalue weighted by molar-refractivity contribution is 5.82. The molecule has 1 aliphatic carbocycles. The van der Waals surface area contributed by atoms with Crippen LogP contribution < -0.4 is 10.9 Å². The first-order valence-corrected chi connectivity index (χ1v) is 12.9. The van der Waals surface area contributed by atoms with E-state index >= 15 is 0 Å². The zero-order valence-corrected chi connectivity index (χ0v) is 21.9. The van der Waals surface area contributed by atoms with Crippen LogP contribution in [0, 0.1) is 19.8 Å². The number of carbonyl (C=O) groups excluding carboxylic acids is 1. The van der Waals surface area contributed by atoms with Crippen LogP contribution in [0.15, 0.2) is 59.8 Å². The minimum Gasteiger partial charge on any atom is -0.481 e. The fourth-order valence-electron chi connectivity index (χ4n) is 4.97. The van der Waals surface area contributed by atoms with E-state index in [0.29, 0.717) is 17.9 Å². The maximum atomic E-state index is 13.7. The molecule has 1 aromatic carbocycles. The molecule has 3 aromatic rings. The number of carboxylic acids is 1. The highest BCUT2D eigenvalue weighted by atomic mass is 16.4. The Morgan fingerprint density at radius 2 is 1.81 bits per heavy atom. The van der Waals surface area contributed by atoms with Crippen LogP contribution >= 0.6 is 0 Å². The van der Waals surface area contributed by atoms with Crippen molar-refractivity contribution in [1.29, 1.82) is 0 Å². The van der Waals surface area contributed by atoms with E-state index in [9.17, 15) is 19.5 Å². The predicted molar refractivity (Wildman–Crippen MR) is 143 cm³/mol. The minimum absolute atomic E-state index is 0.152. The fourth-order valence-corrected chi connectivity index (χ4v) is 4.97. The summed E-state index contributed by atoms with van der Waals surface area (Å²) in [4.78, 5) is 42.7. The van der Waals surface area contributed by atoms with Crippen LogP contribution in [0.25, 0.3) is 11.1 Å². The molecule has 1 fully saturated rings. The molecule has 2 N–H and O–H groups in total. The van der Waals surface area contributed by atoms with Gasteiger partial charge in [-0.25, -0.2) is 0 Å². The van der Waals surface area contributed by atoms with Gasteiger partial charge in [0.15, 0.2) is 0 Å². The molecule has 0 saturated heterocycles. The largest absolute Gasteiger partial charge is 0.481 e. The van der Waals surface area contributed by atoms with Crippen molar-refractivity contribution in [3.63, 3.8) is 0 Å². The number of aromatic nitrogens is 2. The van der Waals surface area contributed by atoms with E-state index in [1.165, 1.54) is 10.6 Å². The van der Waals surface area contributed by atoms with Crippen molar-refractivity contribution in [1.82, 2.24) is 14.9 Å². The Morgan fingerprint density at radius 3 is 2.43 bits per heavy atom. The Morgan fingerprint density at radius 1 is 1.11 bits per heavy atom. The van der Waals surface area contributed by atoms with Crippen LogP contribution in [0.5, 0.6) is 0 Å². The number of nitrogens with zero attached hydrogens (tertiary/aromatic N) is 2. The second-order valence-electron chi connectivity index (χ2n) is 10.6. The average molecular weight is 502 g/mol. The van der Waals surface area contributed by atoms with Gasteiger partial charge in [0.05, 0.1) is 12.5 Å². The maximum absolute atomic E-state index is 13.7. The molecule has 37 heavy (non-hydrogen) atoms. The van der Waals surface area contributed by atoms with Gasteiger partial charge in [0, 0.05) is 30.2 Å². The second-order valence-corrected chi connectivity index (χ2v) is 10.6. The number of hydrogen-bond donors (Lipinski definition) is 2. The van der Waals surface area contributed by atoms with Gasteiger partial charge in [-0.3, -0.25) is 19.4 Å². The Hall–Kier alpha value is -3.74. The quantitative estimate of drug-likeness (QED) is 0.391. The van der Waals surface area contributed by atoms with E-state index in [4.69, 9.17) is 0 Å². The molecular formula is C30H35N3O4. The highest BCUT2D eigenvalue weighted by Crippen LogP contribution is 2.39. The van der Waals surface area contributed by atoms with Crippen molar-refractivity contribution in [2.24, 2.45) is 5.92 Å². The molecule has 7 heteroatoms. The van der Waals surface area contributed by atoms with Crippen molar-refractivity contribution in [3.8, 4) is 11.1 Å². The summed E-state index contributed by atoms with van der Waals surface area (Å²) in [7, 11) is 0. The van der Waals surface area contributed by atoms with E-state index < -0.39 is 18.1 Å². The zero-order chi connectivity index (χ0) is 26.7. The van der Waals surface area contributed by atoms with Crippen molar-refractivity contribution in [3.05, 3.63) is 87.6 Å². The van der Waals surface area contributed by atoms with Gasteiger partial charge in [0.2, 0.25) is 5.91 Å². The zero-order valence-electron chi connectivity index (χ0n) is 21.9. The summed E-state index contributed by atoms with van der Waals surface area (Å²) in [5.74, 6) is -0.809. The van der Waals surface area contributed by atoms with E-state index in [1.807, 2.05) is 64.2 Å². The number of aliphatic carboxylic acids is 1. The number of carbonyl (C=O) groups is 2. The first-order chi connectivity index (χ1) is 17.6. The molecule has 1 saturated carbocycles. The van der Waals surface area contributed by atoms with Gasteiger partial charge in [0.1, 0.15) is 6.04 Å². The molecule has 0 aliphatic heterocycles. The first-order valence-electron chi connectivity index (χ1n) is 12.9. The number of rotatable bonds is 10. The molecule has 4 rings (SSSR count). The Kier molecular flexibility index (Phi) is 7.91. The number of pyridine rings is 2. The topological polar surface area (TPSA) is 101 Å². The molecule has 0 radical (unpaired) electrons. The third-order valence-electron chi connectivity index (χ3n) is 6.97. The van der Waals surface area contributed by atoms with Crippen molar-refractivity contribution in [2.45, 2.75) is 71.4 Å². The summed E-state index contributed by atoms with van der Waals surface area (Å²) >= 11 is 0. The SMILES string of the molecule is Cc1cccc(C)c1-c1cncc([C@@H](CC(=O)O)NC(=O)[C@H](CC(C)C)n2cc(C3CC3)ccc2=O)c1. The van der Waals surface area contributed by atoms with Crippen LogP contribution in [-0.4, -0.2) is 26.5 Å². The lowest BCUT2D eigenvalue weighted by molar-refractivity contribution is -0.138. The molecule has 0 unspecified atom stereocenters. The summed E-state index contributed by atoms with van der Waals surface area (Å²) in [5.41, 5.74) is 5.52. The molecule has 1 aliphatic rings. The van der Waals surface area contributed by atoms with Gasteiger partial charge < -0.3 is 15.0 Å². The van der Waals surface area contributed by atoms with Gasteiger partial charge in [-0.05, 0) is 78.8 Å². The predicted octanol–water partition coefficient (Wildman–Crippen LogP) is 5.32. The first kappa shape index (κ1) is 26.3. The lowest BCUT2D eigenvalue weighted by Gasteiger charge is -2.25. The smallest absolute Gasteiger partial charge is 0.305 e. The number of amides is 1. The number of nitrogens with one attached hydrogen (secondary N) is 1. The molecule has 2 aromatic heterocycles. The monoisotopic (exact) mass is 501 g/mol. The Balaban J connectivity index is 1.68. The highest BCUT2D eigenvalue weighted by Gasteiger charge is 2.29. The standard InChI is InChI=1S/C30H35N3O4/c1-18(2)12-26(33-17-22(21-8-9-21)10-11-27(33)34)30(37)32-25(14-28(35)36)23-13-24(16-31-15-23)29-19(3)6-5-7-20(29)4/h5-7,10-11,13,15-18,21,25-26H,8-9,12,14H2,1-4H3,(H,32,37)(H,35,36)/t25-,26+/m1/s1. The minimum atomic E-state index is -1.03. The Bertz CT molecular complexity index is 1340. The van der Waals surface area contributed by atoms with Gasteiger partial charge in [0.25, 0.3) is 5.56 Å². The molecule has 0 bridgehead atoms. The van der Waals surface area contributed by atoms with E-state index in [0.717, 1.165) is 40.7 Å². The van der Waals surface area contributed by atoms with E-state index in [1.54, 1.807) is 12.4 Å². The fraction of sp³-hybridized carbons (Fsp3) is 0.400. The molecule has 194 valence electrons. The van der Waals surface area contributed by atoms with Crippen molar-refractivity contribution < 1.29 is 14.7 Å². The molecule has 2 atom stereocenters. The molecular weight excluding hydrogens is 466 g/mol. The van der Waals surface area contributed by atoms with Crippen molar-refractivity contribution in [2.75, 3.05) is 0 Å². The van der Waals surface area contributed by atoms with Crippen LogP contribution in [0.1, 0.15) is 79.8 Å². The van der Waals surface area contributed by atoms with Crippen LogP contribution in [-0.2, 0) is 9.59 Å². The van der Waals surface area contributed by atoms with Crippen LogP contribution in [0.3, 0.4) is 0 Å². The second kappa shape index (κ2) is 11.1. The molecule has 0 spiro atoms. The summed E-state index contributed by atoms with van der Waals surface area (Å²) in [6, 6.07) is 9.78. The number of hydrogen-bond acceptors (Lipinski definition) is 4. The third kappa shape index (κ3) is 6.34. The Labute approximate surface area is 217 Å². The van der Waals surface area contributed by atoms with Gasteiger partial charge >= 0.3 is 5.97 Å². The third-order valence-corrected chi connectivity index (χ3v) is 6.97. The normalized spacial score (nSPS) is 14.8. The van der Waals surface area contributed by atoms with Crippen LogP contribution in [0.2, 0.25) is 0 Å². The lowest BCUT2D eigenvalue weighted by atomic mass is 9.94. The van der Waals surface area contributed by atoms with Gasteiger partial charge in [-0.15, -0.1) is 0 Å². The number of aryl methyl sites for hydroxylation is 2. The molecule has 2 heterocycles. The number of benzene rings is 1. The summed E-state index contributed by atoms with van der Waals surface area (Å²) in [6.07, 6.45) is 7.50. The molecule has 1 amide bonds. The summed E-state index contributed by atoms with van der Waals surface area (Å²) in [6.45, 7) is 8.05. The summed E-state index contributed by atoms with van der Waals surface area (Å²) < 4.78 is 1.52. The average Bonchev–Trinajstić information content (AvgIpc) is 3.68. The van der Waals surface area contributed by atoms with Gasteiger partial charge in [-0.2, -0.15) is 0 Å². The van der Waals surface area contributed by atoms with Crippen molar-refractivity contribution >= 4 is 11.9 Å². The van der Waals surface area contributed by atoms with Gasteiger partial charge in [-0.1, -0.05) is 38.1 Å². The van der Waals surface area contributed by atoms with E-state index in [-0.39, 0.29) is 23.8 Å². The lowest BCUT2D eigenvalue weighted by Crippen LogP contribution is -2.40. The summed E-state index contributed by atoms with van der Waals surface area (Å²) in [5, 5.41) is 12.6. The molecule has 7 nitrogen and oxygen atoms in total. The van der Waals surface area contributed by atoms with E-state index in [2.05, 4.69) is 10.3 Å².